The van der Waals surface area contributed by atoms with Crippen molar-refractivity contribution in [2.24, 2.45) is 0 Å². The molecule has 2 nitrogen and oxygen atoms in total. The van der Waals surface area contributed by atoms with Crippen molar-refractivity contribution in [2.45, 2.75) is 25.6 Å². The van der Waals surface area contributed by atoms with Crippen LogP contribution < -0.4 is 5.32 Å². The summed E-state index contributed by atoms with van der Waals surface area (Å²) < 4.78 is 51.9. The van der Waals surface area contributed by atoms with Gasteiger partial charge in [-0.05, 0) is 31.0 Å². The lowest BCUT2D eigenvalue weighted by molar-refractivity contribution is -0.140. The van der Waals surface area contributed by atoms with Gasteiger partial charge in [0.1, 0.15) is 5.82 Å². The van der Waals surface area contributed by atoms with Crippen molar-refractivity contribution >= 4 is 24.8 Å². The Morgan fingerprint density at radius 1 is 1.25 bits per heavy atom. The fraction of sp³-hybridized carbons (Fsp3) is 0.500. The minimum atomic E-state index is -4.67. The first-order valence-corrected chi connectivity index (χ1v) is 7.25. The molecule has 138 valence electrons. The maximum atomic E-state index is 13.8. The number of hydrogen-bond acceptors (Lipinski definition) is 2. The Hall–Kier alpha value is -0.820. The summed E-state index contributed by atoms with van der Waals surface area (Å²) in [5, 5.41) is 3.23. The minimum absolute atomic E-state index is 0. The lowest BCUT2D eigenvalue weighted by atomic mass is 9.96. The molecule has 0 saturated carbocycles. The van der Waals surface area contributed by atoms with Gasteiger partial charge >= 0.3 is 6.18 Å². The molecule has 0 amide bonds. The molecule has 8 heteroatoms. The Kier molecular flexibility index (Phi) is 9.28. The Morgan fingerprint density at radius 2 is 1.83 bits per heavy atom. The van der Waals surface area contributed by atoms with Crippen LogP contribution in [0.5, 0.6) is 0 Å². The van der Waals surface area contributed by atoms with E-state index in [4.69, 9.17) is 0 Å². The molecule has 1 aliphatic heterocycles. The molecule has 1 fully saturated rings. The number of benzene rings is 1. The molecule has 1 aromatic rings. The zero-order valence-electron chi connectivity index (χ0n) is 13.3. The fourth-order valence-electron chi connectivity index (χ4n) is 2.75. The second kappa shape index (κ2) is 9.61. The first-order chi connectivity index (χ1) is 10.3. The van der Waals surface area contributed by atoms with E-state index >= 15 is 0 Å². The highest BCUT2D eigenvalue weighted by Crippen LogP contribution is 2.34. The third kappa shape index (κ3) is 5.92. The van der Waals surface area contributed by atoms with Crippen LogP contribution in [0, 0.1) is 5.82 Å². The maximum absolute atomic E-state index is 13.8. The van der Waals surface area contributed by atoms with Gasteiger partial charge in [-0.15, -0.1) is 31.4 Å². The van der Waals surface area contributed by atoms with Crippen LogP contribution in [0.4, 0.5) is 17.6 Å². The van der Waals surface area contributed by atoms with Gasteiger partial charge in [0, 0.05) is 32.2 Å². The van der Waals surface area contributed by atoms with E-state index in [2.05, 4.69) is 16.8 Å². The first-order valence-electron chi connectivity index (χ1n) is 7.25. The number of rotatable bonds is 4. The molecule has 0 unspecified atom stereocenters. The van der Waals surface area contributed by atoms with Gasteiger partial charge in [0.15, 0.2) is 0 Å². The molecule has 1 N–H and O–H groups in total. The number of nitrogens with one attached hydrogen (secondary N) is 1. The highest BCUT2D eigenvalue weighted by molar-refractivity contribution is 5.85. The summed E-state index contributed by atoms with van der Waals surface area (Å²) in [6.45, 7) is 8.94. The molecule has 2 rings (SSSR count). The van der Waals surface area contributed by atoms with Crippen molar-refractivity contribution in [3.05, 3.63) is 47.3 Å². The molecule has 0 spiro atoms. The van der Waals surface area contributed by atoms with Gasteiger partial charge in [-0.3, -0.25) is 4.90 Å². The van der Waals surface area contributed by atoms with Crippen LogP contribution in [0.2, 0.25) is 0 Å². The molecule has 24 heavy (non-hydrogen) atoms. The van der Waals surface area contributed by atoms with Crippen LogP contribution in [0.1, 0.15) is 30.5 Å². The average molecular weight is 389 g/mol. The molecular weight excluding hydrogens is 367 g/mol. The monoisotopic (exact) mass is 388 g/mol. The van der Waals surface area contributed by atoms with Crippen LogP contribution in [0.3, 0.4) is 0 Å². The molecule has 1 atom stereocenters. The van der Waals surface area contributed by atoms with Gasteiger partial charge in [0.25, 0.3) is 0 Å². The quantitative estimate of drug-likeness (QED) is 0.598. The topological polar surface area (TPSA) is 15.3 Å². The van der Waals surface area contributed by atoms with E-state index in [-0.39, 0.29) is 30.9 Å². The predicted octanol–water partition coefficient (Wildman–Crippen LogP) is 4.60. The SMILES string of the molecule is C=C(C)C[C@H](c1ccc(C(F)(F)F)c(F)c1)N1CCNCC1.Cl.Cl. The standard InChI is InChI=1S/C16H20F4N2.2ClH/c1-11(2)9-15(22-7-5-21-6-8-22)12-3-4-13(14(17)10-12)16(18,19)20;;/h3-4,10,15,21H,1,5-9H2,2H3;2*1H/t15-;;/m1../s1. The van der Waals surface area contributed by atoms with Crippen LogP contribution in [-0.4, -0.2) is 31.1 Å². The smallest absolute Gasteiger partial charge is 0.314 e. The summed E-state index contributed by atoms with van der Waals surface area (Å²) in [7, 11) is 0. The summed E-state index contributed by atoms with van der Waals surface area (Å²) in [4.78, 5) is 2.16. The molecule has 0 aromatic heterocycles. The Bertz CT molecular complexity index is 543. The zero-order chi connectivity index (χ0) is 16.3. The van der Waals surface area contributed by atoms with Crippen LogP contribution >= 0.6 is 24.8 Å². The third-order valence-corrected chi connectivity index (χ3v) is 3.82. The van der Waals surface area contributed by atoms with E-state index < -0.39 is 17.6 Å². The zero-order valence-corrected chi connectivity index (χ0v) is 15.0. The van der Waals surface area contributed by atoms with Crippen molar-refractivity contribution in [1.29, 1.82) is 0 Å². The van der Waals surface area contributed by atoms with Crippen molar-refractivity contribution in [3.8, 4) is 0 Å². The molecule has 1 saturated heterocycles. The summed E-state index contributed by atoms with van der Waals surface area (Å²) in [5.41, 5.74) is 0.268. The Morgan fingerprint density at radius 3 is 2.29 bits per heavy atom. The minimum Gasteiger partial charge on any atom is -0.314 e. The molecule has 1 heterocycles. The summed E-state index contributed by atoms with van der Waals surface area (Å²) in [6, 6.07) is 3.08. The van der Waals surface area contributed by atoms with Crippen LogP contribution in [0.25, 0.3) is 0 Å². The highest BCUT2D eigenvalue weighted by Gasteiger charge is 2.34. The maximum Gasteiger partial charge on any atom is 0.419 e. The molecule has 1 aliphatic rings. The molecule has 0 aliphatic carbocycles. The van der Waals surface area contributed by atoms with Gasteiger partial charge in [0.05, 0.1) is 5.56 Å². The van der Waals surface area contributed by atoms with Crippen molar-refractivity contribution < 1.29 is 17.6 Å². The second-order valence-electron chi connectivity index (χ2n) is 5.70. The van der Waals surface area contributed by atoms with Crippen molar-refractivity contribution in [2.75, 3.05) is 26.2 Å². The van der Waals surface area contributed by atoms with Crippen LogP contribution in [0.15, 0.2) is 30.4 Å². The number of nitrogens with zero attached hydrogens (tertiary/aromatic N) is 1. The average Bonchev–Trinajstić information content (AvgIpc) is 2.44. The summed E-state index contributed by atoms with van der Waals surface area (Å²) >= 11 is 0. The number of piperazine rings is 1. The molecule has 1 aromatic carbocycles. The van der Waals surface area contributed by atoms with E-state index in [1.807, 2.05) is 6.92 Å². The molecular formula is C16H22Cl2F4N2. The normalized spacial score (nSPS) is 16.7. The Labute approximate surface area is 152 Å². The van der Waals surface area contributed by atoms with Gasteiger partial charge < -0.3 is 5.32 Å². The van der Waals surface area contributed by atoms with Gasteiger partial charge in [-0.1, -0.05) is 11.6 Å². The van der Waals surface area contributed by atoms with Crippen molar-refractivity contribution in [3.63, 3.8) is 0 Å². The van der Waals surface area contributed by atoms with Gasteiger partial charge in [-0.25, -0.2) is 4.39 Å². The predicted molar refractivity (Wildman–Crippen MR) is 92.5 cm³/mol. The van der Waals surface area contributed by atoms with Crippen LogP contribution in [-0.2, 0) is 6.18 Å². The van der Waals surface area contributed by atoms with E-state index in [1.54, 1.807) is 0 Å². The summed E-state index contributed by atoms with van der Waals surface area (Å²) in [6.07, 6.45) is -4.06. The largest absolute Gasteiger partial charge is 0.419 e. The lowest BCUT2D eigenvalue weighted by Crippen LogP contribution is -2.45. The highest BCUT2D eigenvalue weighted by atomic mass is 35.5. The van der Waals surface area contributed by atoms with Gasteiger partial charge in [0.2, 0.25) is 0 Å². The van der Waals surface area contributed by atoms with E-state index in [1.165, 1.54) is 6.07 Å². The molecule has 0 bridgehead atoms. The van der Waals surface area contributed by atoms with E-state index in [9.17, 15) is 17.6 Å². The molecule has 0 radical (unpaired) electrons. The van der Waals surface area contributed by atoms with E-state index in [0.29, 0.717) is 12.0 Å². The number of halogens is 6. The Balaban J connectivity index is 0.00000264. The number of alkyl halides is 3. The second-order valence-corrected chi connectivity index (χ2v) is 5.70. The first kappa shape index (κ1) is 23.2. The van der Waals surface area contributed by atoms with Gasteiger partial charge in [-0.2, -0.15) is 13.2 Å². The number of hydrogen-bond donors (Lipinski definition) is 1. The van der Waals surface area contributed by atoms with E-state index in [0.717, 1.165) is 43.9 Å². The summed E-state index contributed by atoms with van der Waals surface area (Å²) in [5.74, 6) is -1.22. The fourth-order valence-corrected chi connectivity index (χ4v) is 2.75. The third-order valence-electron chi connectivity index (χ3n) is 3.82. The lowest BCUT2D eigenvalue weighted by Gasteiger charge is -2.35. The van der Waals surface area contributed by atoms with Crippen molar-refractivity contribution in [1.82, 2.24) is 10.2 Å².